The van der Waals surface area contributed by atoms with E-state index in [9.17, 15) is 0 Å². The summed E-state index contributed by atoms with van der Waals surface area (Å²) in [5.74, 6) is 1.72. The second kappa shape index (κ2) is 7.34. The van der Waals surface area contributed by atoms with E-state index in [4.69, 9.17) is 4.74 Å². The number of nitrogens with zero attached hydrogens (tertiary/aromatic N) is 1. The van der Waals surface area contributed by atoms with Crippen LogP contribution in [0.5, 0.6) is 5.75 Å². The first kappa shape index (κ1) is 14.1. The molecule has 2 rings (SSSR count). The van der Waals surface area contributed by atoms with E-state index in [1.807, 2.05) is 30.3 Å². The van der Waals surface area contributed by atoms with Gasteiger partial charge in [-0.1, -0.05) is 37.3 Å². The average Bonchev–Trinajstić information content (AvgIpc) is 2.48. The topological polar surface area (TPSA) is 12.5 Å². The summed E-state index contributed by atoms with van der Waals surface area (Å²) in [4.78, 5) is 2.50. The fourth-order valence-electron chi connectivity index (χ4n) is 2.66. The zero-order chi connectivity index (χ0) is 13.5. The van der Waals surface area contributed by atoms with Crippen LogP contribution in [0.3, 0.4) is 0 Å². The van der Waals surface area contributed by atoms with Gasteiger partial charge in [0.05, 0.1) is 0 Å². The normalized spacial score (nSPS) is 17.3. The van der Waals surface area contributed by atoms with Gasteiger partial charge in [-0.05, 0) is 50.4 Å². The molecule has 1 aromatic carbocycles. The molecule has 1 heterocycles. The third-order valence-electron chi connectivity index (χ3n) is 4.04. The third-order valence-corrected chi connectivity index (χ3v) is 4.04. The van der Waals surface area contributed by atoms with E-state index < -0.39 is 0 Å². The number of allylic oxidation sites excluding steroid dienone is 1. The predicted molar refractivity (Wildman–Crippen MR) is 80.5 cm³/mol. The van der Waals surface area contributed by atoms with Gasteiger partial charge in [-0.3, -0.25) is 4.90 Å². The van der Waals surface area contributed by atoms with Crippen LogP contribution in [-0.4, -0.2) is 31.1 Å². The van der Waals surface area contributed by atoms with Gasteiger partial charge in [0.15, 0.2) is 0 Å². The molecule has 0 radical (unpaired) electrons. The number of hydrogen-bond acceptors (Lipinski definition) is 2. The van der Waals surface area contributed by atoms with Gasteiger partial charge in [0.2, 0.25) is 0 Å². The van der Waals surface area contributed by atoms with Crippen molar-refractivity contribution >= 4 is 0 Å². The van der Waals surface area contributed by atoms with Crippen molar-refractivity contribution in [3.05, 3.63) is 42.5 Å². The van der Waals surface area contributed by atoms with Gasteiger partial charge < -0.3 is 4.74 Å². The molecule has 1 aliphatic rings. The highest BCUT2D eigenvalue weighted by Crippen LogP contribution is 2.25. The maximum Gasteiger partial charge on any atom is 0.119 e. The molecule has 1 fully saturated rings. The first-order chi connectivity index (χ1) is 9.29. The van der Waals surface area contributed by atoms with Crippen LogP contribution in [0.15, 0.2) is 42.5 Å². The van der Waals surface area contributed by atoms with Crippen LogP contribution in [0.25, 0.3) is 0 Å². The largest absolute Gasteiger partial charge is 0.492 e. The molecule has 104 valence electrons. The van der Waals surface area contributed by atoms with Crippen molar-refractivity contribution in [2.75, 3.05) is 26.2 Å². The van der Waals surface area contributed by atoms with E-state index in [1.165, 1.54) is 31.5 Å². The Hall–Kier alpha value is -1.28. The summed E-state index contributed by atoms with van der Waals surface area (Å²) >= 11 is 0. The minimum absolute atomic E-state index is 0.747. The van der Waals surface area contributed by atoms with Crippen molar-refractivity contribution in [3.63, 3.8) is 0 Å². The zero-order valence-electron chi connectivity index (χ0n) is 12.0. The summed E-state index contributed by atoms with van der Waals surface area (Å²) in [5.41, 5.74) is 1.43. The summed E-state index contributed by atoms with van der Waals surface area (Å²) in [5, 5.41) is 0. The van der Waals surface area contributed by atoms with Crippen LogP contribution in [-0.2, 0) is 0 Å². The summed E-state index contributed by atoms with van der Waals surface area (Å²) in [7, 11) is 0. The van der Waals surface area contributed by atoms with Gasteiger partial charge in [0.1, 0.15) is 12.4 Å². The summed E-state index contributed by atoms with van der Waals surface area (Å²) in [6.45, 7) is 10.6. The van der Waals surface area contributed by atoms with Crippen LogP contribution >= 0.6 is 0 Å². The second-order valence-electron chi connectivity index (χ2n) is 5.29. The van der Waals surface area contributed by atoms with Crippen molar-refractivity contribution < 1.29 is 4.74 Å². The summed E-state index contributed by atoms with van der Waals surface area (Å²) in [6, 6.07) is 10.1. The Kier molecular flexibility index (Phi) is 5.46. The molecule has 0 atom stereocenters. The Balaban J connectivity index is 1.65. The summed E-state index contributed by atoms with van der Waals surface area (Å²) in [6.07, 6.45) is 3.65. The van der Waals surface area contributed by atoms with E-state index in [2.05, 4.69) is 18.4 Å². The number of benzene rings is 1. The van der Waals surface area contributed by atoms with E-state index >= 15 is 0 Å². The highest BCUT2D eigenvalue weighted by atomic mass is 16.5. The molecular weight excluding hydrogens is 234 g/mol. The molecule has 0 N–H and O–H groups in total. The SMILES string of the molecule is C=C(CC)C1CCN(CCOc2ccccc2)CC1. The van der Waals surface area contributed by atoms with Gasteiger partial charge >= 0.3 is 0 Å². The van der Waals surface area contributed by atoms with Gasteiger partial charge in [-0.15, -0.1) is 0 Å². The quantitative estimate of drug-likeness (QED) is 0.722. The average molecular weight is 259 g/mol. The van der Waals surface area contributed by atoms with Crippen LogP contribution in [0, 0.1) is 5.92 Å². The maximum absolute atomic E-state index is 5.74. The molecule has 0 aliphatic carbocycles. The van der Waals surface area contributed by atoms with Crippen molar-refractivity contribution in [2.45, 2.75) is 26.2 Å². The number of rotatable bonds is 6. The molecular formula is C17H25NO. The molecule has 1 aliphatic heterocycles. The van der Waals surface area contributed by atoms with Crippen molar-refractivity contribution in [2.24, 2.45) is 5.92 Å². The fraction of sp³-hybridized carbons (Fsp3) is 0.529. The zero-order valence-corrected chi connectivity index (χ0v) is 12.0. The second-order valence-corrected chi connectivity index (χ2v) is 5.29. The lowest BCUT2D eigenvalue weighted by Gasteiger charge is -2.32. The van der Waals surface area contributed by atoms with Gasteiger partial charge in [0, 0.05) is 6.54 Å². The molecule has 19 heavy (non-hydrogen) atoms. The van der Waals surface area contributed by atoms with Crippen molar-refractivity contribution in [1.29, 1.82) is 0 Å². The Bertz CT molecular complexity index is 380. The Labute approximate surface area is 117 Å². The van der Waals surface area contributed by atoms with Gasteiger partial charge in [-0.2, -0.15) is 0 Å². The number of piperidine rings is 1. The molecule has 0 bridgehead atoms. The van der Waals surface area contributed by atoms with Crippen LogP contribution in [0.4, 0.5) is 0 Å². The van der Waals surface area contributed by atoms with Gasteiger partial charge in [-0.25, -0.2) is 0 Å². The fourth-order valence-corrected chi connectivity index (χ4v) is 2.66. The van der Waals surface area contributed by atoms with Crippen molar-refractivity contribution in [3.8, 4) is 5.75 Å². The molecule has 1 saturated heterocycles. The molecule has 0 spiro atoms. The Morgan fingerprint density at radius 1 is 1.26 bits per heavy atom. The maximum atomic E-state index is 5.74. The molecule has 0 aromatic heterocycles. The van der Waals surface area contributed by atoms with Crippen LogP contribution < -0.4 is 4.74 Å². The smallest absolute Gasteiger partial charge is 0.119 e. The minimum Gasteiger partial charge on any atom is -0.492 e. The van der Waals surface area contributed by atoms with Crippen LogP contribution in [0.2, 0.25) is 0 Å². The monoisotopic (exact) mass is 259 g/mol. The first-order valence-electron chi connectivity index (χ1n) is 7.37. The molecule has 0 saturated carbocycles. The van der Waals surface area contributed by atoms with Crippen LogP contribution in [0.1, 0.15) is 26.2 Å². The molecule has 0 unspecified atom stereocenters. The van der Waals surface area contributed by atoms with Gasteiger partial charge in [0.25, 0.3) is 0 Å². The highest BCUT2D eigenvalue weighted by molar-refractivity contribution is 5.20. The molecule has 0 amide bonds. The number of para-hydroxylation sites is 1. The Morgan fingerprint density at radius 2 is 1.95 bits per heavy atom. The number of ether oxygens (including phenoxy) is 1. The van der Waals surface area contributed by atoms with E-state index in [0.717, 1.165) is 31.2 Å². The van der Waals surface area contributed by atoms with E-state index in [-0.39, 0.29) is 0 Å². The number of likely N-dealkylation sites (tertiary alicyclic amines) is 1. The number of hydrogen-bond donors (Lipinski definition) is 0. The Morgan fingerprint density at radius 3 is 2.58 bits per heavy atom. The minimum atomic E-state index is 0.747. The van der Waals surface area contributed by atoms with E-state index in [0.29, 0.717) is 0 Å². The summed E-state index contributed by atoms with van der Waals surface area (Å²) < 4.78 is 5.74. The van der Waals surface area contributed by atoms with Crippen molar-refractivity contribution in [1.82, 2.24) is 4.90 Å². The van der Waals surface area contributed by atoms with E-state index in [1.54, 1.807) is 0 Å². The lowest BCUT2D eigenvalue weighted by atomic mass is 9.89. The highest BCUT2D eigenvalue weighted by Gasteiger charge is 2.20. The lowest BCUT2D eigenvalue weighted by Crippen LogP contribution is -2.36. The lowest BCUT2D eigenvalue weighted by molar-refractivity contribution is 0.164. The molecule has 1 aromatic rings. The molecule has 2 nitrogen and oxygen atoms in total. The third kappa shape index (κ3) is 4.39. The molecule has 2 heteroatoms. The predicted octanol–water partition coefficient (Wildman–Crippen LogP) is 3.74. The first-order valence-corrected chi connectivity index (χ1v) is 7.37. The standard InChI is InChI=1S/C17H25NO/c1-3-15(2)16-9-11-18(12-10-16)13-14-19-17-7-5-4-6-8-17/h4-8,16H,2-3,9-14H2,1H3.